The zero-order valence-electron chi connectivity index (χ0n) is 13.8. The number of hydrogen-bond donors (Lipinski definition) is 5. The minimum Gasteiger partial charge on any atom is -0.477 e. The van der Waals surface area contributed by atoms with E-state index < -0.39 is 23.4 Å². The van der Waals surface area contributed by atoms with Gasteiger partial charge >= 0.3 is 18.1 Å². The fourth-order valence-electron chi connectivity index (χ4n) is 3.57. The van der Waals surface area contributed by atoms with Crippen LogP contribution in [-0.2, 0) is 14.4 Å². The van der Waals surface area contributed by atoms with Crippen LogP contribution >= 0.6 is 12.6 Å². The van der Waals surface area contributed by atoms with Gasteiger partial charge in [-0.3, -0.25) is 14.8 Å². The molecule has 152 valence electrons. The van der Waals surface area contributed by atoms with Gasteiger partial charge < -0.3 is 15.5 Å². The van der Waals surface area contributed by atoms with Gasteiger partial charge in [0.05, 0.1) is 11.3 Å². The molecule has 14 heteroatoms. The SMILES string of the molecule is O=C(O)C(F)(F)F.O=C(O)C1=C(C(S)c2nc[nH]n2)C[C@@H]2CN[C@@H]3C(=O)N1[C@H]23. The second-order valence-corrected chi connectivity index (χ2v) is 6.81. The first-order valence-electron chi connectivity index (χ1n) is 7.90. The van der Waals surface area contributed by atoms with Gasteiger partial charge in [-0.25, -0.2) is 14.6 Å². The Morgan fingerprint density at radius 3 is 2.50 bits per heavy atom. The van der Waals surface area contributed by atoms with Crippen molar-refractivity contribution in [2.75, 3.05) is 6.54 Å². The average Bonchev–Trinajstić information content (AvgIpc) is 3.27. The van der Waals surface area contributed by atoms with E-state index >= 15 is 0 Å². The predicted molar refractivity (Wildman–Crippen MR) is 87.0 cm³/mol. The van der Waals surface area contributed by atoms with Gasteiger partial charge in [0.15, 0.2) is 5.82 Å². The summed E-state index contributed by atoms with van der Waals surface area (Å²) in [5.74, 6) is -3.39. The minimum absolute atomic E-state index is 0.0416. The molecule has 0 saturated carbocycles. The van der Waals surface area contributed by atoms with E-state index in [0.29, 0.717) is 24.4 Å². The number of rotatable bonds is 3. The molecule has 1 aromatic heterocycles. The second-order valence-electron chi connectivity index (χ2n) is 6.29. The fraction of sp³-hybridized carbons (Fsp3) is 0.500. The molecular formula is C14H14F3N5O5S. The highest BCUT2D eigenvalue weighted by Crippen LogP contribution is 2.47. The largest absolute Gasteiger partial charge is 0.490 e. The van der Waals surface area contributed by atoms with E-state index in [1.54, 1.807) is 0 Å². The number of aromatic nitrogens is 3. The van der Waals surface area contributed by atoms with Crippen LogP contribution in [0.25, 0.3) is 0 Å². The maximum atomic E-state index is 12.1. The number of alkyl halides is 3. The van der Waals surface area contributed by atoms with Gasteiger partial charge in [-0.2, -0.15) is 30.9 Å². The number of carbonyl (C=O) groups is 3. The lowest BCUT2D eigenvalue weighted by molar-refractivity contribution is -0.192. The first-order valence-corrected chi connectivity index (χ1v) is 8.42. The summed E-state index contributed by atoms with van der Waals surface area (Å²) >= 11 is 4.47. The van der Waals surface area contributed by atoms with Gasteiger partial charge in [0.2, 0.25) is 5.91 Å². The molecule has 2 saturated heterocycles. The molecule has 2 fully saturated rings. The van der Waals surface area contributed by atoms with Gasteiger partial charge in [0, 0.05) is 6.54 Å². The van der Waals surface area contributed by atoms with Gasteiger partial charge in [-0.05, 0) is 17.9 Å². The quantitative estimate of drug-likeness (QED) is 0.337. The van der Waals surface area contributed by atoms with E-state index in [1.165, 1.54) is 11.2 Å². The van der Waals surface area contributed by atoms with Crippen molar-refractivity contribution >= 4 is 30.5 Å². The molecule has 1 unspecified atom stereocenters. The summed E-state index contributed by atoms with van der Waals surface area (Å²) in [5, 5.41) is 25.9. The van der Waals surface area contributed by atoms with Crippen molar-refractivity contribution < 1.29 is 37.8 Å². The third-order valence-corrected chi connectivity index (χ3v) is 5.25. The zero-order valence-corrected chi connectivity index (χ0v) is 14.7. The van der Waals surface area contributed by atoms with E-state index in [-0.39, 0.29) is 29.6 Å². The van der Waals surface area contributed by atoms with Gasteiger partial charge in [0.1, 0.15) is 18.1 Å². The van der Waals surface area contributed by atoms with E-state index in [9.17, 15) is 27.9 Å². The molecule has 4 rings (SSSR count). The summed E-state index contributed by atoms with van der Waals surface area (Å²) in [6.45, 7) is 0.711. The molecule has 0 aromatic carbocycles. The molecule has 3 aliphatic rings. The van der Waals surface area contributed by atoms with Crippen LogP contribution in [0.3, 0.4) is 0 Å². The van der Waals surface area contributed by atoms with Crippen LogP contribution in [0.2, 0.25) is 0 Å². The van der Waals surface area contributed by atoms with Crippen molar-refractivity contribution in [1.29, 1.82) is 0 Å². The van der Waals surface area contributed by atoms with Crippen molar-refractivity contribution in [3.8, 4) is 0 Å². The number of nitrogens with zero attached hydrogens (tertiary/aromatic N) is 3. The number of aromatic amines is 1. The Morgan fingerprint density at radius 2 is 2.00 bits per heavy atom. The van der Waals surface area contributed by atoms with Crippen molar-refractivity contribution in [2.45, 2.75) is 29.9 Å². The molecular weight excluding hydrogens is 407 g/mol. The number of amides is 1. The Labute approximate surface area is 160 Å². The lowest BCUT2D eigenvalue weighted by Crippen LogP contribution is -2.68. The number of nitrogens with one attached hydrogen (secondary N) is 2. The highest BCUT2D eigenvalue weighted by molar-refractivity contribution is 7.80. The number of aliphatic carboxylic acids is 2. The Hall–Kier alpha value is -2.61. The van der Waals surface area contributed by atoms with Gasteiger partial charge in [0.25, 0.3) is 0 Å². The number of thiol groups is 1. The van der Waals surface area contributed by atoms with Crippen LogP contribution in [-0.4, -0.2) is 72.9 Å². The average molecular weight is 421 g/mol. The fourth-order valence-corrected chi connectivity index (χ4v) is 3.93. The predicted octanol–water partition coefficient (Wildman–Crippen LogP) is -0.0499. The van der Waals surface area contributed by atoms with Crippen molar-refractivity contribution in [1.82, 2.24) is 25.4 Å². The number of carboxylic acid groups (broad SMARTS) is 2. The topological polar surface area (TPSA) is 149 Å². The molecule has 28 heavy (non-hydrogen) atoms. The molecule has 4 heterocycles. The van der Waals surface area contributed by atoms with E-state index in [2.05, 4.69) is 33.1 Å². The highest BCUT2D eigenvalue weighted by Gasteiger charge is 2.60. The highest BCUT2D eigenvalue weighted by atomic mass is 32.1. The van der Waals surface area contributed by atoms with Gasteiger partial charge in [-0.1, -0.05) is 0 Å². The first-order chi connectivity index (χ1) is 13.0. The summed E-state index contributed by atoms with van der Waals surface area (Å²) in [6, 6.07) is -0.271. The monoisotopic (exact) mass is 421 g/mol. The first kappa shape index (κ1) is 20.1. The summed E-state index contributed by atoms with van der Waals surface area (Å²) in [6.07, 6.45) is -3.07. The third-order valence-electron chi connectivity index (χ3n) is 4.71. The normalized spacial score (nSPS) is 26.8. The van der Waals surface area contributed by atoms with Crippen LogP contribution < -0.4 is 5.32 Å². The smallest absolute Gasteiger partial charge is 0.477 e. The standard InChI is InChI=1S/C12H13N5O3S.C2HF3O2/c18-11-6-7-4(2-13-6)1-5(8(12(19)20)17(7)11)9(21)10-14-3-15-16-10;3-2(4,5)1(6)7/h3-4,6-7,9,13,21H,1-2H2,(H,19,20)(H,14,15,16);(H,6,7)/t4-,6+,7-,9?;/m1./s1. The van der Waals surface area contributed by atoms with E-state index in [0.717, 1.165) is 0 Å². The van der Waals surface area contributed by atoms with Crippen LogP contribution in [0.1, 0.15) is 17.5 Å². The Morgan fingerprint density at radius 1 is 1.36 bits per heavy atom. The molecule has 1 amide bonds. The molecule has 3 aliphatic heterocycles. The van der Waals surface area contributed by atoms with Crippen molar-refractivity contribution in [3.05, 3.63) is 23.4 Å². The molecule has 4 atom stereocenters. The molecule has 0 aliphatic carbocycles. The number of carbonyl (C=O) groups excluding carboxylic acids is 1. The maximum Gasteiger partial charge on any atom is 0.490 e. The number of β-lactam (4-membered cyclic amide) rings is 1. The Balaban J connectivity index is 0.000000279. The molecule has 4 N–H and O–H groups in total. The van der Waals surface area contributed by atoms with Crippen LogP contribution in [0.5, 0.6) is 0 Å². The van der Waals surface area contributed by atoms with Gasteiger partial charge in [-0.15, -0.1) is 0 Å². The molecule has 0 spiro atoms. The minimum atomic E-state index is -5.08. The number of hydrogen-bond acceptors (Lipinski definition) is 7. The van der Waals surface area contributed by atoms with E-state index in [1.807, 2.05) is 0 Å². The Kier molecular flexibility index (Phi) is 5.10. The number of carboxylic acids is 2. The molecule has 0 bridgehead atoms. The lowest BCUT2D eigenvalue weighted by atomic mass is 9.78. The van der Waals surface area contributed by atoms with Crippen molar-refractivity contribution in [3.63, 3.8) is 0 Å². The summed E-state index contributed by atoms with van der Waals surface area (Å²) < 4.78 is 31.7. The van der Waals surface area contributed by atoms with Crippen LogP contribution in [0.4, 0.5) is 13.2 Å². The molecule has 1 aromatic rings. The summed E-state index contributed by atoms with van der Waals surface area (Å²) in [4.78, 5) is 38.1. The number of H-pyrrole nitrogens is 1. The third kappa shape index (κ3) is 3.32. The molecule has 10 nitrogen and oxygen atoms in total. The zero-order chi connectivity index (χ0) is 20.8. The summed E-state index contributed by atoms with van der Waals surface area (Å²) in [5.41, 5.74) is 0.646. The lowest BCUT2D eigenvalue weighted by Gasteiger charge is -2.49. The van der Waals surface area contributed by atoms with E-state index in [4.69, 9.17) is 9.90 Å². The van der Waals surface area contributed by atoms with Crippen LogP contribution in [0, 0.1) is 5.92 Å². The van der Waals surface area contributed by atoms with Crippen molar-refractivity contribution in [2.24, 2.45) is 5.92 Å². The second kappa shape index (κ2) is 7.09. The molecule has 0 radical (unpaired) electrons. The summed E-state index contributed by atoms with van der Waals surface area (Å²) in [7, 11) is 0. The van der Waals surface area contributed by atoms with Crippen LogP contribution in [0.15, 0.2) is 17.6 Å². The Bertz CT molecular complexity index is 843. The maximum absolute atomic E-state index is 12.1. The number of halogens is 3.